The zero-order valence-corrected chi connectivity index (χ0v) is 18.1. The SMILES string of the molecule is O=C(O)CCCn1cc(C2CN(SI)c3ncc(Br)cc32)c(C(F)(F)F)n1. The number of hydrogen-bond donors (Lipinski definition) is 1. The molecule has 1 atom stereocenters. The lowest BCUT2D eigenvalue weighted by Gasteiger charge is -2.14. The molecule has 12 heteroatoms. The molecule has 3 heterocycles. The van der Waals surface area contributed by atoms with Crippen LogP contribution in [0.5, 0.6) is 0 Å². The lowest BCUT2D eigenvalue weighted by Crippen LogP contribution is -2.16. The van der Waals surface area contributed by atoms with Crippen molar-refractivity contribution in [3.05, 3.63) is 39.8 Å². The van der Waals surface area contributed by atoms with Gasteiger partial charge in [-0.2, -0.15) is 18.3 Å². The lowest BCUT2D eigenvalue weighted by atomic mass is 9.94. The standard InChI is InChI=1S/C15H13BrF3IN4O2S/c16-8-4-9-10(7-24(27-20)14(9)21-5-8)11-6-23(3-1-2-12(25)26)22-13(11)15(17,18)19/h4-6,10H,1-3,7H2,(H,25,26). The minimum atomic E-state index is -4.60. The monoisotopic (exact) mass is 576 g/mol. The number of carboxylic acids is 1. The number of rotatable bonds is 6. The van der Waals surface area contributed by atoms with E-state index in [1.165, 1.54) is 20.0 Å². The van der Waals surface area contributed by atoms with Gasteiger partial charge in [0.2, 0.25) is 0 Å². The predicted octanol–water partition coefficient (Wildman–Crippen LogP) is 4.87. The highest BCUT2D eigenvalue weighted by Gasteiger charge is 2.42. The van der Waals surface area contributed by atoms with Gasteiger partial charge in [-0.15, -0.1) is 0 Å². The molecule has 0 radical (unpaired) electrons. The van der Waals surface area contributed by atoms with Gasteiger partial charge in [-0.1, -0.05) is 0 Å². The zero-order valence-electron chi connectivity index (χ0n) is 13.6. The van der Waals surface area contributed by atoms with E-state index in [0.29, 0.717) is 22.4 Å². The molecule has 0 spiro atoms. The molecular formula is C15H13BrF3IN4O2S. The average molecular weight is 577 g/mol. The molecule has 27 heavy (non-hydrogen) atoms. The van der Waals surface area contributed by atoms with E-state index in [9.17, 15) is 18.0 Å². The van der Waals surface area contributed by atoms with Crippen LogP contribution in [0.25, 0.3) is 0 Å². The van der Waals surface area contributed by atoms with Crippen molar-refractivity contribution in [2.75, 3.05) is 10.8 Å². The summed E-state index contributed by atoms with van der Waals surface area (Å²) in [6, 6.07) is 1.78. The number of aryl methyl sites for hydroxylation is 1. The van der Waals surface area contributed by atoms with Gasteiger partial charge in [0, 0.05) is 83.7 Å². The van der Waals surface area contributed by atoms with Gasteiger partial charge < -0.3 is 5.11 Å². The maximum atomic E-state index is 13.6. The maximum absolute atomic E-state index is 13.6. The van der Waals surface area contributed by atoms with Crippen LogP contribution in [0.1, 0.15) is 35.6 Å². The molecule has 2 aromatic rings. The number of fused-ring (bicyclic) bond motifs is 1. The highest BCUT2D eigenvalue weighted by Crippen LogP contribution is 2.46. The van der Waals surface area contributed by atoms with E-state index in [1.807, 2.05) is 4.31 Å². The van der Waals surface area contributed by atoms with Gasteiger partial charge in [0.1, 0.15) is 5.82 Å². The Kier molecular flexibility index (Phi) is 6.25. The normalized spacial score (nSPS) is 16.6. The Morgan fingerprint density at radius 1 is 1.44 bits per heavy atom. The zero-order chi connectivity index (χ0) is 19.8. The highest BCUT2D eigenvalue weighted by atomic mass is 127. The number of hydrogen-bond acceptors (Lipinski definition) is 5. The molecule has 0 saturated carbocycles. The highest BCUT2D eigenvalue weighted by molar-refractivity contribution is 14.2. The summed E-state index contributed by atoms with van der Waals surface area (Å²) in [5, 5.41) is 12.4. The molecule has 6 nitrogen and oxygen atoms in total. The van der Waals surface area contributed by atoms with E-state index in [2.05, 4.69) is 47.2 Å². The third kappa shape index (κ3) is 4.53. The fourth-order valence-electron chi connectivity index (χ4n) is 3.01. The molecule has 1 aliphatic heterocycles. The van der Waals surface area contributed by atoms with Crippen LogP contribution in [0.3, 0.4) is 0 Å². The second-order valence-electron chi connectivity index (χ2n) is 5.94. The molecule has 0 aromatic carbocycles. The fraction of sp³-hybridized carbons (Fsp3) is 0.400. The number of carbonyl (C=O) groups is 1. The first kappa shape index (κ1) is 20.7. The number of halogens is 5. The lowest BCUT2D eigenvalue weighted by molar-refractivity contribution is -0.142. The predicted molar refractivity (Wildman–Crippen MR) is 107 cm³/mol. The number of carboxylic acid groups (broad SMARTS) is 1. The molecule has 1 aliphatic rings. The van der Waals surface area contributed by atoms with E-state index < -0.39 is 23.8 Å². The first-order valence-corrected chi connectivity index (χ1v) is 11.9. The topological polar surface area (TPSA) is 71.2 Å². The second-order valence-corrected chi connectivity index (χ2v) is 8.62. The summed E-state index contributed by atoms with van der Waals surface area (Å²) in [5.74, 6) is -0.889. The average Bonchev–Trinajstić information content (AvgIpc) is 3.15. The number of aliphatic carboxylic acids is 1. The smallest absolute Gasteiger partial charge is 0.435 e. The van der Waals surface area contributed by atoms with Crippen molar-refractivity contribution in [1.82, 2.24) is 14.8 Å². The van der Waals surface area contributed by atoms with Crippen molar-refractivity contribution in [2.24, 2.45) is 0 Å². The largest absolute Gasteiger partial charge is 0.481 e. The summed E-state index contributed by atoms with van der Waals surface area (Å²) in [5.41, 5.74) is -0.162. The van der Waals surface area contributed by atoms with E-state index in [1.54, 1.807) is 12.3 Å². The molecule has 1 unspecified atom stereocenters. The minimum absolute atomic E-state index is 0.0759. The van der Waals surface area contributed by atoms with Gasteiger partial charge in [0.25, 0.3) is 0 Å². The van der Waals surface area contributed by atoms with Crippen LogP contribution in [-0.4, -0.2) is 32.4 Å². The van der Waals surface area contributed by atoms with E-state index in [0.717, 1.165) is 0 Å². The van der Waals surface area contributed by atoms with Crippen molar-refractivity contribution in [1.29, 1.82) is 0 Å². The Bertz CT molecular complexity index is 864. The summed E-state index contributed by atoms with van der Waals surface area (Å²) in [7, 11) is 1.37. The second kappa shape index (κ2) is 8.15. The molecule has 0 aliphatic carbocycles. The number of aromatic nitrogens is 3. The Morgan fingerprint density at radius 3 is 2.81 bits per heavy atom. The number of pyridine rings is 1. The summed E-state index contributed by atoms with van der Waals surface area (Å²) in [6.45, 7) is 0.451. The van der Waals surface area contributed by atoms with Crippen molar-refractivity contribution in [3.63, 3.8) is 0 Å². The molecule has 2 aromatic heterocycles. The van der Waals surface area contributed by atoms with Gasteiger partial charge in [-0.05, 0) is 28.4 Å². The van der Waals surface area contributed by atoms with Gasteiger partial charge in [-0.3, -0.25) is 13.8 Å². The van der Waals surface area contributed by atoms with Crippen LogP contribution in [0, 0.1) is 0 Å². The van der Waals surface area contributed by atoms with E-state index in [-0.39, 0.29) is 24.9 Å². The Hall–Kier alpha value is -1.02. The number of nitrogens with zero attached hydrogens (tertiary/aromatic N) is 4. The molecule has 0 bridgehead atoms. The first-order valence-electron chi connectivity index (χ1n) is 7.78. The van der Waals surface area contributed by atoms with E-state index in [4.69, 9.17) is 5.11 Å². The van der Waals surface area contributed by atoms with E-state index >= 15 is 0 Å². The van der Waals surface area contributed by atoms with Crippen molar-refractivity contribution < 1.29 is 23.1 Å². The number of anilines is 1. The van der Waals surface area contributed by atoms with Crippen LogP contribution in [0.15, 0.2) is 22.9 Å². The first-order chi connectivity index (χ1) is 12.7. The van der Waals surface area contributed by atoms with Gasteiger partial charge in [-0.25, -0.2) is 4.98 Å². The molecule has 0 saturated heterocycles. The fourth-order valence-corrected chi connectivity index (χ4v) is 4.82. The quantitative estimate of drug-likeness (QED) is 0.391. The van der Waals surface area contributed by atoms with Crippen molar-refractivity contribution >= 4 is 58.0 Å². The van der Waals surface area contributed by atoms with Crippen molar-refractivity contribution in [2.45, 2.75) is 31.5 Å². The van der Waals surface area contributed by atoms with Crippen LogP contribution in [0.2, 0.25) is 0 Å². The molecule has 0 fully saturated rings. The summed E-state index contributed by atoms with van der Waals surface area (Å²) >= 11 is 5.40. The van der Waals surface area contributed by atoms with Crippen LogP contribution in [-0.2, 0) is 17.5 Å². The van der Waals surface area contributed by atoms with Gasteiger partial charge in [0.15, 0.2) is 5.69 Å². The molecular weight excluding hydrogens is 564 g/mol. The minimum Gasteiger partial charge on any atom is -0.481 e. The van der Waals surface area contributed by atoms with Crippen LogP contribution < -0.4 is 4.31 Å². The van der Waals surface area contributed by atoms with Crippen molar-refractivity contribution in [3.8, 4) is 0 Å². The maximum Gasteiger partial charge on any atom is 0.435 e. The summed E-state index contributed by atoms with van der Waals surface area (Å²) in [4.78, 5) is 15.0. The molecule has 146 valence electrons. The van der Waals surface area contributed by atoms with Crippen LogP contribution >= 0.6 is 46.3 Å². The molecule has 0 amide bonds. The summed E-state index contributed by atoms with van der Waals surface area (Å²) in [6.07, 6.45) is -1.53. The Balaban J connectivity index is 1.99. The van der Waals surface area contributed by atoms with Gasteiger partial charge >= 0.3 is 12.1 Å². The van der Waals surface area contributed by atoms with Gasteiger partial charge in [0.05, 0.1) is 0 Å². The third-order valence-corrected chi connectivity index (χ3v) is 6.47. The Labute approximate surface area is 177 Å². The molecule has 3 rings (SSSR count). The number of alkyl halides is 3. The summed E-state index contributed by atoms with van der Waals surface area (Å²) < 4.78 is 44.5. The third-order valence-electron chi connectivity index (χ3n) is 4.12. The Morgan fingerprint density at radius 2 is 2.19 bits per heavy atom. The van der Waals surface area contributed by atoms with Crippen LogP contribution in [0.4, 0.5) is 19.0 Å². The molecule has 1 N–H and O–H groups in total.